The molecule has 4 rings (SSSR count). The first kappa shape index (κ1) is 13.6. The molecular weight excluding hydrogens is 260 g/mol. The smallest absolute Gasteiger partial charge is 0.124 e. The molecule has 1 saturated carbocycles. The average molecular weight is 286 g/mol. The Morgan fingerprint density at radius 1 is 1.05 bits per heavy atom. The SMILES string of the molecule is c1ccc2c(c1)OCCC2NC1CCCC1C1CCCN1. The van der Waals surface area contributed by atoms with Crippen LogP contribution in [-0.2, 0) is 0 Å². The summed E-state index contributed by atoms with van der Waals surface area (Å²) in [4.78, 5) is 0. The van der Waals surface area contributed by atoms with Gasteiger partial charge in [0, 0.05) is 30.1 Å². The van der Waals surface area contributed by atoms with E-state index in [4.69, 9.17) is 4.74 Å². The second-order valence-corrected chi connectivity index (χ2v) is 6.80. The summed E-state index contributed by atoms with van der Waals surface area (Å²) in [6.45, 7) is 2.06. The molecule has 4 atom stereocenters. The zero-order chi connectivity index (χ0) is 14.1. The van der Waals surface area contributed by atoms with Crippen LogP contribution < -0.4 is 15.4 Å². The quantitative estimate of drug-likeness (QED) is 0.896. The molecule has 3 nitrogen and oxygen atoms in total. The number of ether oxygens (including phenoxy) is 1. The molecule has 0 radical (unpaired) electrons. The highest BCUT2D eigenvalue weighted by molar-refractivity contribution is 5.37. The van der Waals surface area contributed by atoms with Gasteiger partial charge >= 0.3 is 0 Å². The molecule has 0 spiro atoms. The average Bonchev–Trinajstić information content (AvgIpc) is 3.18. The Labute approximate surface area is 127 Å². The van der Waals surface area contributed by atoms with Crippen LogP contribution in [0.4, 0.5) is 0 Å². The van der Waals surface area contributed by atoms with Crippen molar-refractivity contribution in [2.24, 2.45) is 5.92 Å². The summed E-state index contributed by atoms with van der Waals surface area (Å²) in [5.41, 5.74) is 1.36. The third kappa shape index (κ3) is 2.69. The first-order chi connectivity index (χ1) is 10.4. The Morgan fingerprint density at radius 3 is 2.90 bits per heavy atom. The number of hydrogen-bond acceptors (Lipinski definition) is 3. The molecule has 3 aliphatic rings. The zero-order valence-corrected chi connectivity index (χ0v) is 12.7. The molecule has 3 heteroatoms. The second-order valence-electron chi connectivity index (χ2n) is 6.80. The van der Waals surface area contributed by atoms with E-state index in [0.29, 0.717) is 12.1 Å². The predicted octanol–water partition coefficient (Wildman–Crippen LogP) is 3.02. The van der Waals surface area contributed by atoms with Crippen LogP contribution in [0.15, 0.2) is 24.3 Å². The summed E-state index contributed by atoms with van der Waals surface area (Å²) in [5.74, 6) is 1.90. The van der Waals surface area contributed by atoms with Crippen LogP contribution in [-0.4, -0.2) is 25.2 Å². The van der Waals surface area contributed by atoms with E-state index in [1.807, 2.05) is 0 Å². The molecule has 21 heavy (non-hydrogen) atoms. The number of fused-ring (bicyclic) bond motifs is 1. The van der Waals surface area contributed by atoms with Crippen molar-refractivity contribution >= 4 is 0 Å². The third-order valence-corrected chi connectivity index (χ3v) is 5.56. The van der Waals surface area contributed by atoms with Gasteiger partial charge < -0.3 is 15.4 Å². The lowest BCUT2D eigenvalue weighted by Crippen LogP contribution is -2.44. The highest BCUT2D eigenvalue weighted by atomic mass is 16.5. The monoisotopic (exact) mass is 286 g/mol. The predicted molar refractivity (Wildman–Crippen MR) is 84.6 cm³/mol. The lowest BCUT2D eigenvalue weighted by molar-refractivity contribution is 0.226. The highest BCUT2D eigenvalue weighted by Gasteiger charge is 2.36. The Hall–Kier alpha value is -1.06. The molecule has 2 fully saturated rings. The Morgan fingerprint density at radius 2 is 2.00 bits per heavy atom. The van der Waals surface area contributed by atoms with Gasteiger partial charge in [0.1, 0.15) is 5.75 Å². The standard InChI is InChI=1S/C18H26N2O/c1-2-9-18-14(5-1)17(10-12-21-18)20-16-7-3-6-13(16)15-8-4-11-19-15/h1-2,5,9,13,15-17,19-20H,3-4,6-8,10-12H2. The molecule has 1 aromatic carbocycles. The van der Waals surface area contributed by atoms with Gasteiger partial charge in [-0.15, -0.1) is 0 Å². The van der Waals surface area contributed by atoms with Crippen molar-refractivity contribution in [1.82, 2.24) is 10.6 Å². The summed E-state index contributed by atoms with van der Waals surface area (Å²) >= 11 is 0. The second kappa shape index (κ2) is 5.98. The molecule has 2 N–H and O–H groups in total. The lowest BCUT2D eigenvalue weighted by atomic mass is 9.91. The maximum atomic E-state index is 5.79. The summed E-state index contributed by atoms with van der Waals surface area (Å²) in [6, 6.07) is 10.4. The van der Waals surface area contributed by atoms with E-state index in [1.165, 1.54) is 44.2 Å². The molecule has 2 heterocycles. The topological polar surface area (TPSA) is 33.3 Å². The third-order valence-electron chi connectivity index (χ3n) is 5.56. The van der Waals surface area contributed by atoms with E-state index in [9.17, 15) is 0 Å². The van der Waals surface area contributed by atoms with E-state index in [2.05, 4.69) is 34.9 Å². The fourth-order valence-corrected chi connectivity index (χ4v) is 4.53. The minimum absolute atomic E-state index is 0.474. The number of nitrogens with one attached hydrogen (secondary N) is 2. The summed E-state index contributed by atoms with van der Waals surface area (Å²) in [5, 5.41) is 7.70. The lowest BCUT2D eigenvalue weighted by Gasteiger charge is -2.33. The Balaban J connectivity index is 1.48. The van der Waals surface area contributed by atoms with Crippen molar-refractivity contribution in [3.8, 4) is 5.75 Å². The van der Waals surface area contributed by atoms with Crippen molar-refractivity contribution in [3.05, 3.63) is 29.8 Å². The van der Waals surface area contributed by atoms with Crippen LogP contribution in [0.5, 0.6) is 5.75 Å². The minimum Gasteiger partial charge on any atom is -0.493 e. The zero-order valence-electron chi connectivity index (χ0n) is 12.7. The van der Waals surface area contributed by atoms with Gasteiger partial charge in [0.15, 0.2) is 0 Å². The molecule has 0 bridgehead atoms. The van der Waals surface area contributed by atoms with Gasteiger partial charge in [0.25, 0.3) is 0 Å². The van der Waals surface area contributed by atoms with Gasteiger partial charge in [0.05, 0.1) is 6.61 Å². The molecule has 1 aromatic rings. The molecule has 1 saturated heterocycles. The van der Waals surface area contributed by atoms with Gasteiger partial charge in [-0.2, -0.15) is 0 Å². The number of benzene rings is 1. The van der Waals surface area contributed by atoms with E-state index in [1.54, 1.807) is 0 Å². The van der Waals surface area contributed by atoms with Gasteiger partial charge in [-0.05, 0) is 44.2 Å². The van der Waals surface area contributed by atoms with E-state index < -0.39 is 0 Å². The number of rotatable bonds is 3. The highest BCUT2D eigenvalue weighted by Crippen LogP contribution is 2.37. The number of hydrogen-bond donors (Lipinski definition) is 2. The van der Waals surface area contributed by atoms with Gasteiger partial charge in [-0.3, -0.25) is 0 Å². The Bertz CT molecular complexity index is 484. The van der Waals surface area contributed by atoms with E-state index in [0.717, 1.165) is 30.7 Å². The molecule has 0 amide bonds. The van der Waals surface area contributed by atoms with Crippen molar-refractivity contribution in [2.75, 3.05) is 13.2 Å². The molecule has 114 valence electrons. The largest absolute Gasteiger partial charge is 0.493 e. The fourth-order valence-electron chi connectivity index (χ4n) is 4.53. The van der Waals surface area contributed by atoms with Crippen LogP contribution in [0, 0.1) is 5.92 Å². The van der Waals surface area contributed by atoms with Gasteiger partial charge in [-0.25, -0.2) is 0 Å². The van der Waals surface area contributed by atoms with Crippen molar-refractivity contribution in [3.63, 3.8) is 0 Å². The minimum atomic E-state index is 0.474. The van der Waals surface area contributed by atoms with E-state index in [-0.39, 0.29) is 0 Å². The van der Waals surface area contributed by atoms with Gasteiger partial charge in [0.2, 0.25) is 0 Å². The summed E-state index contributed by atoms with van der Waals surface area (Å²) < 4.78 is 5.79. The van der Waals surface area contributed by atoms with Crippen LogP contribution in [0.25, 0.3) is 0 Å². The fraction of sp³-hybridized carbons (Fsp3) is 0.667. The maximum absolute atomic E-state index is 5.79. The maximum Gasteiger partial charge on any atom is 0.124 e. The first-order valence-electron chi connectivity index (χ1n) is 8.63. The van der Waals surface area contributed by atoms with Crippen molar-refractivity contribution < 1.29 is 4.74 Å². The summed E-state index contributed by atoms with van der Waals surface area (Å²) in [6.07, 6.45) is 7.92. The molecule has 1 aliphatic carbocycles. The molecular formula is C18H26N2O. The summed E-state index contributed by atoms with van der Waals surface area (Å²) in [7, 11) is 0. The van der Waals surface area contributed by atoms with Crippen molar-refractivity contribution in [1.29, 1.82) is 0 Å². The van der Waals surface area contributed by atoms with Crippen molar-refractivity contribution in [2.45, 2.75) is 56.7 Å². The van der Waals surface area contributed by atoms with Crippen LogP contribution in [0.1, 0.15) is 50.1 Å². The first-order valence-corrected chi connectivity index (χ1v) is 8.63. The van der Waals surface area contributed by atoms with Gasteiger partial charge in [-0.1, -0.05) is 24.6 Å². The number of para-hydroxylation sites is 1. The Kier molecular flexibility index (Phi) is 3.87. The normalized spacial score (nSPS) is 35.4. The molecule has 2 aliphatic heterocycles. The van der Waals surface area contributed by atoms with Crippen LogP contribution in [0.2, 0.25) is 0 Å². The molecule has 0 aromatic heterocycles. The van der Waals surface area contributed by atoms with Crippen LogP contribution >= 0.6 is 0 Å². The molecule has 4 unspecified atom stereocenters. The van der Waals surface area contributed by atoms with E-state index >= 15 is 0 Å². The van der Waals surface area contributed by atoms with Crippen LogP contribution in [0.3, 0.4) is 0 Å².